The second-order valence-corrected chi connectivity index (χ2v) is 8.02. The van der Waals surface area contributed by atoms with Crippen molar-refractivity contribution in [1.29, 1.82) is 0 Å². The van der Waals surface area contributed by atoms with E-state index in [-0.39, 0.29) is 11.1 Å². The topological polar surface area (TPSA) is 17.1 Å². The highest BCUT2D eigenvalue weighted by molar-refractivity contribution is 9.10. The van der Waals surface area contributed by atoms with Crippen molar-refractivity contribution < 1.29 is 31.1 Å². The number of alkyl halides is 6. The molecular weight excluding hydrogens is 518 g/mol. The van der Waals surface area contributed by atoms with Gasteiger partial charge in [-0.1, -0.05) is 45.7 Å². The molecule has 2 unspecified atom stereocenters. The normalized spacial score (nSPS) is 14.6. The lowest BCUT2D eigenvalue weighted by atomic mass is 9.85. The fourth-order valence-electron chi connectivity index (χ4n) is 2.79. The molecule has 0 saturated heterocycles. The molecule has 0 radical (unpaired) electrons. The average Bonchev–Trinajstić information content (AvgIpc) is 2.58. The van der Waals surface area contributed by atoms with E-state index >= 15 is 0 Å². The Morgan fingerprint density at radius 2 is 1.07 bits per heavy atom. The van der Waals surface area contributed by atoms with E-state index in [1.807, 2.05) is 0 Å². The van der Waals surface area contributed by atoms with Gasteiger partial charge in [0, 0.05) is 20.8 Å². The van der Waals surface area contributed by atoms with Crippen LogP contribution in [0.25, 0.3) is 0 Å². The first-order valence-electron chi connectivity index (χ1n) is 8.00. The van der Waals surface area contributed by atoms with E-state index in [0.717, 1.165) is 24.3 Å². The molecule has 0 N–H and O–H groups in total. The number of halogens is 8. The molecule has 2 atom stereocenters. The SMILES string of the molecule is CC(C(=O)C(C)c1cc(C(F)(F)F)ccc1Br)c1cc(C(F)(F)F)ccc1Br. The molecule has 0 spiro atoms. The van der Waals surface area contributed by atoms with Gasteiger partial charge < -0.3 is 0 Å². The Hall–Kier alpha value is -1.35. The summed E-state index contributed by atoms with van der Waals surface area (Å²) in [7, 11) is 0. The molecule has 1 nitrogen and oxygen atoms in total. The third-order valence-electron chi connectivity index (χ3n) is 4.43. The minimum absolute atomic E-state index is 0.120. The van der Waals surface area contributed by atoms with Crippen LogP contribution in [0.4, 0.5) is 26.3 Å². The first-order valence-corrected chi connectivity index (χ1v) is 9.59. The smallest absolute Gasteiger partial charge is 0.298 e. The van der Waals surface area contributed by atoms with Gasteiger partial charge in [-0.25, -0.2) is 0 Å². The number of hydrogen-bond donors (Lipinski definition) is 0. The van der Waals surface area contributed by atoms with Crippen molar-refractivity contribution in [3.05, 3.63) is 67.6 Å². The lowest BCUT2D eigenvalue weighted by Gasteiger charge is -2.21. The molecule has 0 aliphatic rings. The van der Waals surface area contributed by atoms with Crippen LogP contribution in [0.3, 0.4) is 0 Å². The second kappa shape index (κ2) is 8.18. The summed E-state index contributed by atoms with van der Waals surface area (Å²) in [5.74, 6) is -2.43. The van der Waals surface area contributed by atoms with Crippen LogP contribution in [-0.2, 0) is 17.1 Å². The zero-order valence-electron chi connectivity index (χ0n) is 14.6. The van der Waals surface area contributed by atoms with Crippen LogP contribution in [0.2, 0.25) is 0 Å². The molecule has 0 heterocycles. The van der Waals surface area contributed by atoms with Gasteiger partial charge in [-0.15, -0.1) is 0 Å². The number of rotatable bonds is 4. The van der Waals surface area contributed by atoms with Crippen LogP contribution in [0.1, 0.15) is 47.9 Å². The van der Waals surface area contributed by atoms with Crippen LogP contribution in [0.5, 0.6) is 0 Å². The molecule has 2 aromatic rings. The number of benzene rings is 2. The van der Waals surface area contributed by atoms with Crippen molar-refractivity contribution in [2.24, 2.45) is 0 Å². The number of carbonyl (C=O) groups excluding carboxylic acids is 1. The molecule has 2 rings (SSSR count). The van der Waals surface area contributed by atoms with E-state index in [1.165, 1.54) is 26.0 Å². The van der Waals surface area contributed by atoms with Gasteiger partial charge in [0.05, 0.1) is 11.1 Å². The highest BCUT2D eigenvalue weighted by atomic mass is 79.9. The Labute approximate surface area is 174 Å². The molecular formula is C19H14Br2F6O. The van der Waals surface area contributed by atoms with Gasteiger partial charge in [-0.3, -0.25) is 4.79 Å². The predicted octanol–water partition coefficient (Wildman–Crippen LogP) is 7.73. The average molecular weight is 532 g/mol. The number of carbonyl (C=O) groups is 1. The first-order chi connectivity index (χ1) is 12.7. The zero-order valence-corrected chi connectivity index (χ0v) is 17.7. The van der Waals surface area contributed by atoms with Crippen molar-refractivity contribution in [1.82, 2.24) is 0 Å². The fraction of sp³-hybridized carbons (Fsp3) is 0.316. The molecule has 0 aliphatic carbocycles. The molecule has 0 saturated carbocycles. The van der Waals surface area contributed by atoms with Crippen molar-refractivity contribution in [3.8, 4) is 0 Å². The maximum Gasteiger partial charge on any atom is 0.416 e. The summed E-state index contributed by atoms with van der Waals surface area (Å²) in [4.78, 5) is 12.9. The largest absolute Gasteiger partial charge is 0.416 e. The Bertz CT molecular complexity index is 817. The van der Waals surface area contributed by atoms with E-state index in [0.29, 0.717) is 8.95 Å². The van der Waals surface area contributed by atoms with Gasteiger partial charge in [-0.05, 0) is 47.5 Å². The summed E-state index contributed by atoms with van der Waals surface area (Å²) in [6.45, 7) is 2.86. The summed E-state index contributed by atoms with van der Waals surface area (Å²) in [5.41, 5.74) is -1.57. The molecule has 0 bridgehead atoms. The second-order valence-electron chi connectivity index (χ2n) is 6.31. The van der Waals surface area contributed by atoms with Gasteiger partial charge in [0.15, 0.2) is 0 Å². The molecule has 0 amide bonds. The van der Waals surface area contributed by atoms with E-state index < -0.39 is 41.1 Å². The summed E-state index contributed by atoms with van der Waals surface area (Å²) >= 11 is 6.29. The quantitative estimate of drug-likeness (QED) is 0.369. The molecule has 0 fully saturated rings. The minimum Gasteiger partial charge on any atom is -0.298 e. The lowest BCUT2D eigenvalue weighted by molar-refractivity contribution is -0.138. The highest BCUT2D eigenvalue weighted by Gasteiger charge is 2.34. The van der Waals surface area contributed by atoms with E-state index in [1.54, 1.807) is 0 Å². The molecule has 0 aromatic heterocycles. The third kappa shape index (κ3) is 4.97. The highest BCUT2D eigenvalue weighted by Crippen LogP contribution is 2.39. The van der Waals surface area contributed by atoms with Gasteiger partial charge in [0.2, 0.25) is 0 Å². The van der Waals surface area contributed by atoms with Crippen LogP contribution in [0, 0.1) is 0 Å². The van der Waals surface area contributed by atoms with Gasteiger partial charge in [0.25, 0.3) is 0 Å². The summed E-state index contributed by atoms with van der Waals surface area (Å²) in [6.07, 6.45) is -9.15. The van der Waals surface area contributed by atoms with Crippen LogP contribution < -0.4 is 0 Å². The van der Waals surface area contributed by atoms with Crippen LogP contribution >= 0.6 is 31.9 Å². The Balaban J connectivity index is 2.41. The number of Topliss-reactive ketones (excluding diaryl/α,β-unsaturated/α-hetero) is 1. The number of hydrogen-bond acceptors (Lipinski definition) is 1. The molecule has 152 valence electrons. The Kier molecular flexibility index (Phi) is 6.70. The van der Waals surface area contributed by atoms with Crippen molar-refractivity contribution >= 4 is 37.6 Å². The molecule has 28 heavy (non-hydrogen) atoms. The Morgan fingerprint density at radius 3 is 1.36 bits per heavy atom. The Morgan fingerprint density at radius 1 is 0.750 bits per heavy atom. The molecule has 0 aliphatic heterocycles. The fourth-order valence-corrected chi connectivity index (χ4v) is 3.97. The van der Waals surface area contributed by atoms with Crippen molar-refractivity contribution in [2.75, 3.05) is 0 Å². The summed E-state index contributed by atoms with van der Waals surface area (Å²) in [5, 5.41) is 0. The maximum absolute atomic E-state index is 13.0. The summed E-state index contributed by atoms with van der Waals surface area (Å²) < 4.78 is 78.5. The molecule has 9 heteroatoms. The lowest BCUT2D eigenvalue weighted by Crippen LogP contribution is -2.19. The summed E-state index contributed by atoms with van der Waals surface area (Å²) in [6, 6.07) is 5.93. The maximum atomic E-state index is 13.0. The van der Waals surface area contributed by atoms with Crippen LogP contribution in [0.15, 0.2) is 45.3 Å². The van der Waals surface area contributed by atoms with Gasteiger partial charge >= 0.3 is 12.4 Å². The first kappa shape index (κ1) is 22.9. The van der Waals surface area contributed by atoms with Crippen LogP contribution in [-0.4, -0.2) is 5.78 Å². The number of ketones is 1. The van der Waals surface area contributed by atoms with E-state index in [9.17, 15) is 31.1 Å². The zero-order chi connectivity index (χ0) is 21.4. The standard InChI is InChI=1S/C19H14Br2F6O/c1-9(13-7-11(18(22,23)24)3-5-15(13)20)17(28)10(2)14-8-12(19(25,26)27)4-6-16(14)21/h3-10H,1-2H3. The van der Waals surface area contributed by atoms with Crippen molar-refractivity contribution in [2.45, 2.75) is 38.0 Å². The predicted molar refractivity (Wildman–Crippen MR) is 100 cm³/mol. The third-order valence-corrected chi connectivity index (χ3v) is 5.88. The molecule has 2 aromatic carbocycles. The minimum atomic E-state index is -4.58. The van der Waals surface area contributed by atoms with Gasteiger partial charge in [0.1, 0.15) is 5.78 Å². The monoisotopic (exact) mass is 530 g/mol. The van der Waals surface area contributed by atoms with E-state index in [2.05, 4.69) is 31.9 Å². The van der Waals surface area contributed by atoms with Crippen molar-refractivity contribution in [3.63, 3.8) is 0 Å². The van der Waals surface area contributed by atoms with Gasteiger partial charge in [-0.2, -0.15) is 26.3 Å². The van der Waals surface area contributed by atoms with E-state index in [4.69, 9.17) is 0 Å².